The summed E-state index contributed by atoms with van der Waals surface area (Å²) >= 11 is 6.23. The van der Waals surface area contributed by atoms with E-state index in [0.717, 1.165) is 5.01 Å². The van der Waals surface area contributed by atoms with Gasteiger partial charge in [-0.15, -0.1) is 11.4 Å². The van der Waals surface area contributed by atoms with Crippen molar-refractivity contribution in [3.8, 4) is 23.8 Å². The number of halogens is 1. The molecule has 0 bridgehead atoms. The summed E-state index contributed by atoms with van der Waals surface area (Å²) in [6.07, 6.45) is 6.54. The summed E-state index contributed by atoms with van der Waals surface area (Å²) in [6.45, 7) is 1.67. The fourth-order valence-electron chi connectivity index (χ4n) is 2.89. The Balaban J connectivity index is 1.86. The monoisotopic (exact) mass is 411 g/mol. The van der Waals surface area contributed by atoms with Gasteiger partial charge >= 0.3 is 6.03 Å². The first kappa shape index (κ1) is 20.2. The van der Waals surface area contributed by atoms with Crippen LogP contribution in [0.3, 0.4) is 0 Å². The Hall–Kier alpha value is -3.50. The van der Waals surface area contributed by atoms with Crippen LogP contribution in [0.25, 0.3) is 0 Å². The molecule has 1 atom stereocenters. The summed E-state index contributed by atoms with van der Waals surface area (Å²) in [5, 5.41) is 7.77. The Labute approximate surface area is 173 Å². The molecule has 1 heterocycles. The van der Waals surface area contributed by atoms with Gasteiger partial charge < -0.3 is 14.8 Å². The molecular formula is C21H18ClN3O4. The Kier molecular flexibility index (Phi) is 5.76. The van der Waals surface area contributed by atoms with Gasteiger partial charge in [-0.2, -0.15) is 5.10 Å². The predicted molar refractivity (Wildman–Crippen MR) is 109 cm³/mol. The maximum absolute atomic E-state index is 12.9. The van der Waals surface area contributed by atoms with Crippen molar-refractivity contribution in [2.45, 2.75) is 12.5 Å². The van der Waals surface area contributed by atoms with E-state index in [0.29, 0.717) is 22.6 Å². The standard InChI is InChI=1S/C21H18ClN3O4/c1-4-10-29-18-16(22)11-14(12-17(18)28-3)13-23-25-19(26)21(2,24-20(25)27)15-8-6-5-7-9-15/h1,5-9,11-13H,10H2,2-3H3,(H,24,27)/b23-13-/t21-/m1/s1. The number of hydrogen-bond donors (Lipinski definition) is 1. The molecule has 0 spiro atoms. The van der Waals surface area contributed by atoms with E-state index < -0.39 is 17.5 Å². The number of amides is 3. The zero-order chi connectivity index (χ0) is 21.0. The highest BCUT2D eigenvalue weighted by atomic mass is 35.5. The zero-order valence-corrected chi connectivity index (χ0v) is 16.6. The largest absolute Gasteiger partial charge is 0.493 e. The second-order valence-corrected chi connectivity index (χ2v) is 6.72. The lowest BCUT2D eigenvalue weighted by atomic mass is 9.92. The molecule has 1 saturated heterocycles. The molecule has 1 aliphatic heterocycles. The fourth-order valence-corrected chi connectivity index (χ4v) is 3.16. The predicted octanol–water partition coefficient (Wildman–Crippen LogP) is 3.16. The van der Waals surface area contributed by atoms with Crippen molar-refractivity contribution >= 4 is 29.8 Å². The second-order valence-electron chi connectivity index (χ2n) is 6.31. The van der Waals surface area contributed by atoms with Crippen LogP contribution in [0.15, 0.2) is 47.6 Å². The molecular weight excluding hydrogens is 394 g/mol. The van der Waals surface area contributed by atoms with Crippen LogP contribution in [0.1, 0.15) is 18.1 Å². The van der Waals surface area contributed by atoms with Crippen LogP contribution in [-0.2, 0) is 10.3 Å². The van der Waals surface area contributed by atoms with E-state index >= 15 is 0 Å². The smallest absolute Gasteiger partial charge is 0.346 e. The normalized spacial score (nSPS) is 18.6. The summed E-state index contributed by atoms with van der Waals surface area (Å²) in [5.41, 5.74) is -0.0256. The van der Waals surface area contributed by atoms with Crippen molar-refractivity contribution in [1.82, 2.24) is 10.3 Å². The molecule has 0 aromatic heterocycles. The van der Waals surface area contributed by atoms with Gasteiger partial charge in [-0.3, -0.25) is 4.79 Å². The van der Waals surface area contributed by atoms with Gasteiger partial charge in [0.1, 0.15) is 12.1 Å². The quantitative estimate of drug-likeness (QED) is 0.450. The van der Waals surface area contributed by atoms with Crippen LogP contribution in [0.2, 0.25) is 5.02 Å². The van der Waals surface area contributed by atoms with Gasteiger partial charge in [0.25, 0.3) is 5.91 Å². The summed E-state index contributed by atoms with van der Waals surface area (Å²) in [7, 11) is 1.46. The Morgan fingerprint density at radius 1 is 1.31 bits per heavy atom. The van der Waals surface area contributed by atoms with Crippen molar-refractivity contribution in [3.05, 3.63) is 58.6 Å². The van der Waals surface area contributed by atoms with E-state index in [2.05, 4.69) is 16.3 Å². The molecule has 2 aromatic carbocycles. The molecule has 3 amide bonds. The van der Waals surface area contributed by atoms with Crippen LogP contribution >= 0.6 is 11.6 Å². The average molecular weight is 412 g/mol. The molecule has 0 unspecified atom stereocenters. The number of hydrazone groups is 1. The molecule has 148 valence electrons. The number of carbonyl (C=O) groups excluding carboxylic acids is 2. The van der Waals surface area contributed by atoms with Gasteiger partial charge in [0.15, 0.2) is 11.5 Å². The molecule has 0 saturated carbocycles. The molecule has 1 aliphatic rings. The molecule has 2 aromatic rings. The topological polar surface area (TPSA) is 80.2 Å². The number of imide groups is 1. The third-order valence-electron chi connectivity index (χ3n) is 4.39. The Bertz CT molecular complexity index is 1020. The minimum atomic E-state index is -1.20. The number of ether oxygens (including phenoxy) is 2. The number of terminal acetylenes is 1. The van der Waals surface area contributed by atoms with Gasteiger partial charge in [-0.05, 0) is 30.2 Å². The van der Waals surface area contributed by atoms with Gasteiger partial charge in [0.05, 0.1) is 18.3 Å². The molecule has 29 heavy (non-hydrogen) atoms. The highest BCUT2D eigenvalue weighted by molar-refractivity contribution is 6.32. The van der Waals surface area contributed by atoms with E-state index in [1.165, 1.54) is 13.3 Å². The lowest BCUT2D eigenvalue weighted by Crippen LogP contribution is -2.40. The van der Waals surface area contributed by atoms with Crippen molar-refractivity contribution in [2.24, 2.45) is 5.10 Å². The first-order valence-corrected chi connectivity index (χ1v) is 8.98. The van der Waals surface area contributed by atoms with Crippen molar-refractivity contribution in [3.63, 3.8) is 0 Å². The van der Waals surface area contributed by atoms with E-state index in [4.69, 9.17) is 27.5 Å². The molecule has 0 radical (unpaired) electrons. The summed E-state index contributed by atoms with van der Waals surface area (Å²) in [6, 6.07) is 11.5. The van der Waals surface area contributed by atoms with Crippen LogP contribution in [0.5, 0.6) is 11.5 Å². The number of urea groups is 1. The number of carbonyl (C=O) groups is 2. The van der Waals surface area contributed by atoms with Crippen molar-refractivity contribution in [2.75, 3.05) is 13.7 Å². The van der Waals surface area contributed by atoms with E-state index in [-0.39, 0.29) is 11.6 Å². The molecule has 1 N–H and O–H groups in total. The fraction of sp³-hybridized carbons (Fsp3) is 0.190. The molecule has 7 nitrogen and oxygen atoms in total. The Morgan fingerprint density at radius 3 is 2.69 bits per heavy atom. The van der Waals surface area contributed by atoms with Gasteiger partial charge in [-0.1, -0.05) is 47.9 Å². The summed E-state index contributed by atoms with van der Waals surface area (Å²) < 4.78 is 10.7. The molecule has 8 heteroatoms. The van der Waals surface area contributed by atoms with Gasteiger partial charge in [0, 0.05) is 0 Å². The number of rotatable bonds is 6. The Morgan fingerprint density at radius 2 is 2.03 bits per heavy atom. The van der Waals surface area contributed by atoms with Crippen LogP contribution in [0.4, 0.5) is 4.79 Å². The first-order chi connectivity index (χ1) is 13.9. The maximum atomic E-state index is 12.9. The highest BCUT2D eigenvalue weighted by Gasteiger charge is 2.49. The SMILES string of the molecule is C#CCOc1c(Cl)cc(/C=N\N2C(=O)N[C@](C)(c3ccccc3)C2=O)cc1OC. The molecule has 3 rings (SSSR count). The first-order valence-electron chi connectivity index (χ1n) is 8.60. The maximum Gasteiger partial charge on any atom is 0.346 e. The van der Waals surface area contributed by atoms with E-state index in [1.807, 2.05) is 6.07 Å². The minimum absolute atomic E-state index is 0.0318. The molecule has 1 fully saturated rings. The average Bonchev–Trinajstić information content (AvgIpc) is 2.95. The second kappa shape index (κ2) is 8.25. The number of nitrogens with one attached hydrogen (secondary N) is 1. The molecule has 0 aliphatic carbocycles. The third-order valence-corrected chi connectivity index (χ3v) is 4.68. The van der Waals surface area contributed by atoms with Gasteiger partial charge in [0.2, 0.25) is 0 Å². The number of methoxy groups -OCH3 is 1. The van der Waals surface area contributed by atoms with Crippen molar-refractivity contribution < 1.29 is 19.1 Å². The minimum Gasteiger partial charge on any atom is -0.493 e. The van der Waals surface area contributed by atoms with Crippen LogP contribution in [-0.4, -0.2) is 36.9 Å². The number of benzene rings is 2. The third kappa shape index (κ3) is 3.89. The van der Waals surface area contributed by atoms with E-state index in [9.17, 15) is 9.59 Å². The van der Waals surface area contributed by atoms with E-state index in [1.54, 1.807) is 43.3 Å². The van der Waals surface area contributed by atoms with Gasteiger partial charge in [-0.25, -0.2) is 4.79 Å². The van der Waals surface area contributed by atoms with Crippen LogP contribution < -0.4 is 14.8 Å². The highest BCUT2D eigenvalue weighted by Crippen LogP contribution is 2.36. The summed E-state index contributed by atoms with van der Waals surface area (Å²) in [5.74, 6) is 2.51. The summed E-state index contributed by atoms with van der Waals surface area (Å²) in [4.78, 5) is 25.2. The number of hydrogen-bond acceptors (Lipinski definition) is 5. The lowest BCUT2D eigenvalue weighted by Gasteiger charge is -2.20. The number of nitrogens with zero attached hydrogens (tertiary/aromatic N) is 2. The zero-order valence-electron chi connectivity index (χ0n) is 15.8. The van der Waals surface area contributed by atoms with Crippen molar-refractivity contribution in [1.29, 1.82) is 0 Å². The van der Waals surface area contributed by atoms with Crippen LogP contribution in [0, 0.1) is 12.3 Å². The lowest BCUT2D eigenvalue weighted by molar-refractivity contribution is -0.131.